The molecule has 0 spiro atoms. The summed E-state index contributed by atoms with van der Waals surface area (Å²) < 4.78 is 48.4. The molecule has 22 heavy (non-hydrogen) atoms. The van der Waals surface area contributed by atoms with Crippen LogP contribution in [0.4, 0.5) is 8.78 Å². The van der Waals surface area contributed by atoms with Crippen LogP contribution >= 0.6 is 0 Å². The first-order valence-corrected chi connectivity index (χ1v) is 7.02. The van der Waals surface area contributed by atoms with Crippen molar-refractivity contribution in [2.45, 2.75) is 45.3 Å². The number of rotatable bonds is 4. The Bertz CT molecular complexity index is 545. The third-order valence-corrected chi connectivity index (χ3v) is 4.32. The van der Waals surface area contributed by atoms with Crippen LogP contribution in [0.2, 0.25) is 0 Å². The summed E-state index contributed by atoms with van der Waals surface area (Å²) in [5.41, 5.74) is -0.753. The highest BCUT2D eigenvalue weighted by Gasteiger charge is 2.52. The van der Waals surface area contributed by atoms with Gasteiger partial charge in [0, 0.05) is 5.46 Å². The number of methoxy groups -OCH3 is 2. The second kappa shape index (κ2) is 5.70. The fourth-order valence-corrected chi connectivity index (χ4v) is 2.27. The van der Waals surface area contributed by atoms with Crippen molar-refractivity contribution in [3.8, 4) is 11.5 Å². The van der Waals surface area contributed by atoms with Gasteiger partial charge in [0.15, 0.2) is 0 Å². The minimum Gasteiger partial charge on any atom is -0.497 e. The smallest absolute Gasteiger partial charge is 0.497 e. The second-order valence-corrected chi connectivity index (χ2v) is 6.23. The van der Waals surface area contributed by atoms with E-state index in [0.29, 0.717) is 5.46 Å². The van der Waals surface area contributed by atoms with Crippen LogP contribution in [-0.2, 0) is 9.31 Å². The van der Waals surface area contributed by atoms with Crippen LogP contribution in [0.1, 0.15) is 39.7 Å². The number of ether oxygens (including phenoxy) is 2. The molecule has 0 amide bonds. The lowest BCUT2D eigenvalue weighted by molar-refractivity contribution is 0.00578. The van der Waals surface area contributed by atoms with E-state index in [1.807, 2.05) is 27.7 Å². The van der Waals surface area contributed by atoms with E-state index in [9.17, 15) is 8.78 Å². The monoisotopic (exact) mass is 314 g/mol. The molecule has 0 atom stereocenters. The van der Waals surface area contributed by atoms with Gasteiger partial charge < -0.3 is 18.8 Å². The average Bonchev–Trinajstić information content (AvgIpc) is 2.65. The van der Waals surface area contributed by atoms with Crippen LogP contribution in [0.15, 0.2) is 12.1 Å². The molecule has 1 heterocycles. The molecule has 122 valence electrons. The Labute approximate surface area is 129 Å². The zero-order valence-electron chi connectivity index (χ0n) is 13.7. The molecule has 0 radical (unpaired) electrons. The average molecular weight is 314 g/mol. The highest BCUT2D eigenvalue weighted by atomic mass is 19.3. The maximum Gasteiger partial charge on any atom is 0.498 e. The summed E-state index contributed by atoms with van der Waals surface area (Å²) in [6.07, 6.45) is -2.66. The van der Waals surface area contributed by atoms with Crippen LogP contribution in [0.25, 0.3) is 0 Å². The van der Waals surface area contributed by atoms with E-state index in [4.69, 9.17) is 18.8 Å². The van der Waals surface area contributed by atoms with E-state index in [0.717, 1.165) is 0 Å². The lowest BCUT2D eigenvalue weighted by Crippen LogP contribution is -2.41. The number of hydrogen-bond donors (Lipinski definition) is 0. The Morgan fingerprint density at radius 1 is 0.955 bits per heavy atom. The zero-order chi connectivity index (χ0) is 16.7. The summed E-state index contributed by atoms with van der Waals surface area (Å²) in [5, 5.41) is 0. The van der Waals surface area contributed by atoms with E-state index in [2.05, 4.69) is 0 Å². The summed E-state index contributed by atoms with van der Waals surface area (Å²) in [4.78, 5) is 0. The first-order valence-electron chi connectivity index (χ1n) is 7.02. The van der Waals surface area contributed by atoms with E-state index in [1.54, 1.807) is 0 Å². The Morgan fingerprint density at radius 2 is 1.45 bits per heavy atom. The van der Waals surface area contributed by atoms with E-state index in [-0.39, 0.29) is 17.1 Å². The summed E-state index contributed by atoms with van der Waals surface area (Å²) in [5.74, 6) is 0.370. The molecule has 4 nitrogen and oxygen atoms in total. The fourth-order valence-electron chi connectivity index (χ4n) is 2.27. The van der Waals surface area contributed by atoms with Crippen molar-refractivity contribution in [1.29, 1.82) is 0 Å². The first-order chi connectivity index (χ1) is 10.1. The molecule has 1 fully saturated rings. The fraction of sp³-hybridized carbons (Fsp3) is 0.600. The Balaban J connectivity index is 2.48. The number of alkyl halides is 2. The lowest BCUT2D eigenvalue weighted by Gasteiger charge is -2.32. The summed E-state index contributed by atoms with van der Waals surface area (Å²) >= 11 is 0. The van der Waals surface area contributed by atoms with Crippen molar-refractivity contribution in [2.75, 3.05) is 14.2 Å². The maximum absolute atomic E-state index is 13.1. The van der Waals surface area contributed by atoms with Crippen molar-refractivity contribution < 1.29 is 27.6 Å². The molecular formula is C15H21BF2O4. The third-order valence-electron chi connectivity index (χ3n) is 4.32. The van der Waals surface area contributed by atoms with Crippen molar-refractivity contribution in [2.24, 2.45) is 0 Å². The maximum atomic E-state index is 13.1. The Kier molecular flexibility index (Phi) is 4.41. The number of hydrogen-bond acceptors (Lipinski definition) is 4. The standard InChI is InChI=1S/C15H21BF2O4/c1-14(2)15(3,4)22-16(21-14)10-8-11(19-5)9(13(17)18)7-12(10)20-6/h7-8,13H,1-6H3. The minimum absolute atomic E-state index is 0.0838. The van der Waals surface area contributed by atoms with Crippen LogP contribution in [0.5, 0.6) is 11.5 Å². The van der Waals surface area contributed by atoms with E-state index >= 15 is 0 Å². The van der Waals surface area contributed by atoms with Gasteiger partial charge in [0.25, 0.3) is 6.43 Å². The zero-order valence-corrected chi connectivity index (χ0v) is 13.7. The quantitative estimate of drug-likeness (QED) is 0.801. The number of benzene rings is 1. The normalized spacial score (nSPS) is 19.6. The predicted molar refractivity (Wildman–Crippen MR) is 80.2 cm³/mol. The van der Waals surface area contributed by atoms with Crippen molar-refractivity contribution in [1.82, 2.24) is 0 Å². The van der Waals surface area contributed by atoms with Crippen LogP contribution in [-0.4, -0.2) is 32.5 Å². The minimum atomic E-state index is -2.66. The van der Waals surface area contributed by atoms with Crippen LogP contribution in [0.3, 0.4) is 0 Å². The van der Waals surface area contributed by atoms with Crippen molar-refractivity contribution in [3.63, 3.8) is 0 Å². The largest absolute Gasteiger partial charge is 0.498 e. The molecule has 0 N–H and O–H groups in total. The van der Waals surface area contributed by atoms with Gasteiger partial charge >= 0.3 is 7.12 Å². The van der Waals surface area contributed by atoms with Gasteiger partial charge in [-0.3, -0.25) is 0 Å². The second-order valence-electron chi connectivity index (χ2n) is 6.23. The van der Waals surface area contributed by atoms with Crippen LogP contribution in [0, 0.1) is 0 Å². The molecule has 0 unspecified atom stereocenters. The van der Waals surface area contributed by atoms with E-state index in [1.165, 1.54) is 26.4 Å². The van der Waals surface area contributed by atoms with Crippen LogP contribution < -0.4 is 14.9 Å². The van der Waals surface area contributed by atoms with Gasteiger partial charge in [-0.1, -0.05) is 0 Å². The summed E-state index contributed by atoms with van der Waals surface area (Å²) in [6.45, 7) is 7.68. The molecule has 0 aliphatic carbocycles. The van der Waals surface area contributed by atoms with Gasteiger partial charge in [0.2, 0.25) is 0 Å². The summed E-state index contributed by atoms with van der Waals surface area (Å²) in [7, 11) is 2.06. The topological polar surface area (TPSA) is 36.9 Å². The molecule has 1 saturated heterocycles. The highest BCUT2D eigenvalue weighted by Crippen LogP contribution is 2.38. The van der Waals surface area contributed by atoms with Gasteiger partial charge in [-0.15, -0.1) is 0 Å². The molecule has 1 aliphatic rings. The molecule has 0 aromatic heterocycles. The molecule has 1 aromatic carbocycles. The molecule has 1 aliphatic heterocycles. The molecule has 2 rings (SSSR count). The van der Waals surface area contributed by atoms with E-state index < -0.39 is 24.7 Å². The SMILES string of the molecule is COc1cc(C(F)F)c(OC)cc1B1OC(C)(C)C(C)(C)O1. The molecular weight excluding hydrogens is 293 g/mol. The molecule has 1 aromatic rings. The first kappa shape index (κ1) is 17.0. The Hall–Kier alpha value is -1.34. The van der Waals surface area contributed by atoms with Crippen molar-refractivity contribution in [3.05, 3.63) is 17.7 Å². The summed E-state index contributed by atoms with van der Waals surface area (Å²) in [6, 6.07) is 2.76. The highest BCUT2D eigenvalue weighted by molar-refractivity contribution is 6.63. The van der Waals surface area contributed by atoms with Gasteiger partial charge in [0.05, 0.1) is 31.0 Å². The van der Waals surface area contributed by atoms with Crippen molar-refractivity contribution >= 4 is 12.6 Å². The third kappa shape index (κ3) is 2.79. The number of halogens is 2. The van der Waals surface area contributed by atoms with Gasteiger partial charge in [-0.2, -0.15) is 0 Å². The molecule has 0 bridgehead atoms. The van der Waals surface area contributed by atoms with Gasteiger partial charge in [-0.25, -0.2) is 8.78 Å². The molecule has 0 saturated carbocycles. The Morgan fingerprint density at radius 3 is 1.86 bits per heavy atom. The predicted octanol–water partition coefficient (Wildman–Crippen LogP) is 2.94. The lowest BCUT2D eigenvalue weighted by atomic mass is 9.77. The molecule has 7 heteroatoms. The van der Waals surface area contributed by atoms with Gasteiger partial charge in [-0.05, 0) is 39.8 Å². The van der Waals surface area contributed by atoms with Gasteiger partial charge in [0.1, 0.15) is 11.5 Å².